The topological polar surface area (TPSA) is 84.4 Å². The molecule has 1 N–H and O–H groups in total. The number of hydrogen-bond acceptors (Lipinski definition) is 6. The number of esters is 1. The van der Waals surface area contributed by atoms with E-state index in [-0.39, 0.29) is 17.4 Å². The first-order valence-corrected chi connectivity index (χ1v) is 7.92. The number of methoxy groups -OCH3 is 1. The van der Waals surface area contributed by atoms with Gasteiger partial charge < -0.3 is 15.0 Å². The highest BCUT2D eigenvalue weighted by Crippen LogP contribution is 2.29. The molecule has 0 saturated carbocycles. The van der Waals surface area contributed by atoms with Crippen LogP contribution >= 0.6 is 0 Å². The van der Waals surface area contributed by atoms with Crippen LogP contribution in [0.2, 0.25) is 0 Å². The highest BCUT2D eigenvalue weighted by atomic mass is 16.5. The van der Waals surface area contributed by atoms with Crippen LogP contribution in [0, 0.1) is 0 Å². The van der Waals surface area contributed by atoms with Crippen molar-refractivity contribution in [2.45, 2.75) is 0 Å². The number of carbonyl (C=O) groups is 2. The van der Waals surface area contributed by atoms with Crippen molar-refractivity contribution >= 4 is 34.2 Å². The number of amides is 1. The van der Waals surface area contributed by atoms with Crippen LogP contribution in [0.5, 0.6) is 0 Å². The zero-order valence-corrected chi connectivity index (χ0v) is 14.7. The molecule has 1 amide bonds. The lowest BCUT2D eigenvalue weighted by atomic mass is 10.0. The number of ether oxygens (including phenoxy) is 1. The van der Waals surface area contributed by atoms with Crippen LogP contribution in [0.3, 0.4) is 0 Å². The third-order valence-corrected chi connectivity index (χ3v) is 3.94. The van der Waals surface area contributed by atoms with Gasteiger partial charge in [0, 0.05) is 43.1 Å². The molecule has 0 saturated heterocycles. The van der Waals surface area contributed by atoms with E-state index < -0.39 is 5.97 Å². The fourth-order valence-electron chi connectivity index (χ4n) is 2.72. The second kappa shape index (κ2) is 7.18. The van der Waals surface area contributed by atoms with E-state index >= 15 is 0 Å². The lowest BCUT2D eigenvalue weighted by Crippen LogP contribution is -2.18. The van der Waals surface area contributed by atoms with Gasteiger partial charge in [-0.25, -0.2) is 14.8 Å². The van der Waals surface area contributed by atoms with Gasteiger partial charge in [0.1, 0.15) is 0 Å². The Hall–Kier alpha value is -3.48. The molecule has 0 atom stereocenters. The summed E-state index contributed by atoms with van der Waals surface area (Å²) in [6, 6.07) is 11.3. The van der Waals surface area contributed by atoms with Crippen molar-refractivity contribution in [3.63, 3.8) is 0 Å². The van der Waals surface area contributed by atoms with Gasteiger partial charge in [0.25, 0.3) is 5.91 Å². The van der Waals surface area contributed by atoms with E-state index in [2.05, 4.69) is 20.0 Å². The smallest absolute Gasteiger partial charge is 0.360 e. The molecule has 0 aliphatic rings. The molecular formula is C19H18N4O3. The lowest BCUT2D eigenvalue weighted by Gasteiger charge is -2.17. The molecule has 7 heteroatoms. The predicted molar refractivity (Wildman–Crippen MR) is 99.6 cm³/mol. The maximum absolute atomic E-state index is 12.8. The fraction of sp³-hybridized carbons (Fsp3) is 0.158. The van der Waals surface area contributed by atoms with Crippen molar-refractivity contribution in [2.24, 2.45) is 0 Å². The summed E-state index contributed by atoms with van der Waals surface area (Å²) < 4.78 is 4.68. The molecule has 0 unspecified atom stereocenters. The summed E-state index contributed by atoms with van der Waals surface area (Å²) in [5.74, 6) is -0.983. The molecule has 0 spiro atoms. The standard InChI is InChI=1S/C19H18N4O3/c1-23(2)15-9-8-14(12-6-4-5-7-13(12)15)18(24)22-17-16(19(25)26-3)20-10-11-21-17/h4-11H,1-3H3,(H,21,22,24). The van der Waals surface area contributed by atoms with Gasteiger partial charge in [-0.1, -0.05) is 24.3 Å². The number of aromatic nitrogens is 2. The second-order valence-corrected chi connectivity index (χ2v) is 5.77. The van der Waals surface area contributed by atoms with Crippen LogP contribution in [0.25, 0.3) is 10.8 Å². The Kier molecular flexibility index (Phi) is 4.79. The van der Waals surface area contributed by atoms with Gasteiger partial charge in [-0.05, 0) is 17.5 Å². The molecule has 0 aliphatic heterocycles. The molecule has 0 fully saturated rings. The molecule has 3 rings (SSSR count). The number of nitrogens with one attached hydrogen (secondary N) is 1. The maximum atomic E-state index is 12.8. The molecule has 0 bridgehead atoms. The van der Waals surface area contributed by atoms with Gasteiger partial charge in [-0.15, -0.1) is 0 Å². The number of carbonyl (C=O) groups excluding carboxylic acids is 2. The van der Waals surface area contributed by atoms with Crippen LogP contribution in [0.15, 0.2) is 48.8 Å². The molecule has 2 aromatic carbocycles. The average molecular weight is 350 g/mol. The molecule has 3 aromatic rings. The van der Waals surface area contributed by atoms with Gasteiger partial charge in [0.2, 0.25) is 0 Å². The average Bonchev–Trinajstić information content (AvgIpc) is 2.66. The monoisotopic (exact) mass is 350 g/mol. The minimum atomic E-state index is -0.666. The lowest BCUT2D eigenvalue weighted by molar-refractivity contribution is 0.0595. The first-order chi connectivity index (χ1) is 12.5. The molecule has 1 aromatic heterocycles. The number of hydrogen-bond donors (Lipinski definition) is 1. The first kappa shape index (κ1) is 17.3. The summed E-state index contributed by atoms with van der Waals surface area (Å²) in [4.78, 5) is 34.6. The summed E-state index contributed by atoms with van der Waals surface area (Å²) in [7, 11) is 5.14. The van der Waals surface area contributed by atoms with Crippen LogP contribution in [0.1, 0.15) is 20.8 Å². The van der Waals surface area contributed by atoms with Crippen molar-refractivity contribution in [1.82, 2.24) is 9.97 Å². The zero-order valence-electron chi connectivity index (χ0n) is 14.7. The summed E-state index contributed by atoms with van der Waals surface area (Å²) in [6.07, 6.45) is 2.76. The van der Waals surface area contributed by atoms with Gasteiger partial charge in [-0.3, -0.25) is 4.79 Å². The minimum absolute atomic E-state index is 0.0439. The SMILES string of the molecule is COC(=O)c1nccnc1NC(=O)c1ccc(N(C)C)c2ccccc12. The highest BCUT2D eigenvalue weighted by Gasteiger charge is 2.19. The van der Waals surface area contributed by atoms with Crippen LogP contribution in [-0.2, 0) is 4.74 Å². The Morgan fingerprint density at radius 3 is 2.38 bits per heavy atom. The van der Waals surface area contributed by atoms with Gasteiger partial charge in [-0.2, -0.15) is 0 Å². The van der Waals surface area contributed by atoms with E-state index in [1.54, 1.807) is 6.07 Å². The third kappa shape index (κ3) is 3.19. The van der Waals surface area contributed by atoms with E-state index in [1.807, 2.05) is 49.3 Å². The van der Waals surface area contributed by atoms with E-state index in [0.717, 1.165) is 16.5 Å². The summed E-state index contributed by atoms with van der Waals surface area (Å²) >= 11 is 0. The zero-order chi connectivity index (χ0) is 18.7. The second-order valence-electron chi connectivity index (χ2n) is 5.77. The Morgan fingerprint density at radius 2 is 1.69 bits per heavy atom. The summed E-state index contributed by atoms with van der Waals surface area (Å²) in [5, 5.41) is 4.42. The molecule has 1 heterocycles. The molecule has 26 heavy (non-hydrogen) atoms. The molecular weight excluding hydrogens is 332 g/mol. The summed E-state index contributed by atoms with van der Waals surface area (Å²) in [5.41, 5.74) is 1.44. The quantitative estimate of drug-likeness (QED) is 0.728. The number of anilines is 2. The minimum Gasteiger partial charge on any atom is -0.464 e. The third-order valence-electron chi connectivity index (χ3n) is 3.94. The Labute approximate surface area is 150 Å². The Bertz CT molecular complexity index is 985. The van der Waals surface area contributed by atoms with Gasteiger partial charge in [0.05, 0.1) is 7.11 Å². The predicted octanol–water partition coefficient (Wildman–Crippen LogP) is 2.73. The largest absolute Gasteiger partial charge is 0.464 e. The van der Waals surface area contributed by atoms with Crippen molar-refractivity contribution < 1.29 is 14.3 Å². The van der Waals surface area contributed by atoms with Gasteiger partial charge >= 0.3 is 5.97 Å². The number of rotatable bonds is 4. The van der Waals surface area contributed by atoms with Crippen LogP contribution in [-0.4, -0.2) is 43.0 Å². The molecule has 7 nitrogen and oxygen atoms in total. The van der Waals surface area contributed by atoms with Crippen molar-refractivity contribution in [2.75, 3.05) is 31.4 Å². The van der Waals surface area contributed by atoms with Crippen molar-refractivity contribution in [3.05, 3.63) is 60.0 Å². The van der Waals surface area contributed by atoms with Crippen LogP contribution in [0.4, 0.5) is 11.5 Å². The van der Waals surface area contributed by atoms with E-state index in [1.165, 1.54) is 19.5 Å². The number of fused-ring (bicyclic) bond motifs is 1. The van der Waals surface area contributed by atoms with E-state index in [0.29, 0.717) is 5.56 Å². The normalized spacial score (nSPS) is 10.4. The summed E-state index contributed by atoms with van der Waals surface area (Å²) in [6.45, 7) is 0. The molecule has 0 radical (unpaired) electrons. The molecule has 0 aliphatic carbocycles. The van der Waals surface area contributed by atoms with Gasteiger partial charge in [0.15, 0.2) is 11.5 Å². The number of nitrogens with zero attached hydrogens (tertiary/aromatic N) is 3. The maximum Gasteiger partial charge on any atom is 0.360 e. The fourth-order valence-corrected chi connectivity index (χ4v) is 2.72. The van der Waals surface area contributed by atoms with E-state index in [4.69, 9.17) is 0 Å². The molecule has 132 valence electrons. The Balaban J connectivity index is 2.03. The highest BCUT2D eigenvalue weighted by molar-refractivity contribution is 6.15. The van der Waals surface area contributed by atoms with Crippen molar-refractivity contribution in [1.29, 1.82) is 0 Å². The number of benzene rings is 2. The van der Waals surface area contributed by atoms with E-state index in [9.17, 15) is 9.59 Å². The Morgan fingerprint density at radius 1 is 1.00 bits per heavy atom. The van der Waals surface area contributed by atoms with Crippen LogP contribution < -0.4 is 10.2 Å². The first-order valence-electron chi connectivity index (χ1n) is 7.92. The van der Waals surface area contributed by atoms with Crippen molar-refractivity contribution in [3.8, 4) is 0 Å².